The summed E-state index contributed by atoms with van der Waals surface area (Å²) in [5.74, 6) is 0. The molecule has 0 unspecified atom stereocenters. The predicted octanol–water partition coefficient (Wildman–Crippen LogP) is 3.50. The molecule has 0 saturated heterocycles. The fraction of sp³-hybridized carbons (Fsp3) is 0.133. The van der Waals surface area contributed by atoms with Crippen molar-refractivity contribution in [3.63, 3.8) is 0 Å². The van der Waals surface area contributed by atoms with Gasteiger partial charge in [0.2, 0.25) is 0 Å². The molecule has 0 radical (unpaired) electrons. The maximum Gasteiger partial charge on any atom is 0.0991 e. The normalized spacial score (nSPS) is 10.0. The third-order valence-electron chi connectivity index (χ3n) is 2.65. The molecule has 90 valence electrons. The number of hydrogen-bond acceptors (Lipinski definition) is 2. The fourth-order valence-corrected chi connectivity index (χ4v) is 1.78. The SMILES string of the molecule is N#Cc1ccc(CNCc2ccc(Cl)cc2)cc1. The second-order valence-electron chi connectivity index (χ2n) is 4.04. The molecule has 0 aliphatic carbocycles. The van der Waals surface area contributed by atoms with Crippen molar-refractivity contribution in [3.8, 4) is 6.07 Å². The third-order valence-corrected chi connectivity index (χ3v) is 2.91. The summed E-state index contributed by atoms with van der Waals surface area (Å²) in [5.41, 5.74) is 3.06. The fourth-order valence-electron chi connectivity index (χ4n) is 1.65. The smallest absolute Gasteiger partial charge is 0.0991 e. The Hall–Kier alpha value is -1.82. The maximum absolute atomic E-state index is 8.70. The number of hydrogen-bond donors (Lipinski definition) is 1. The average molecular weight is 257 g/mol. The van der Waals surface area contributed by atoms with Crippen LogP contribution in [-0.4, -0.2) is 0 Å². The van der Waals surface area contributed by atoms with Gasteiger partial charge in [0.1, 0.15) is 0 Å². The Morgan fingerprint density at radius 3 is 1.89 bits per heavy atom. The van der Waals surface area contributed by atoms with Crippen molar-refractivity contribution < 1.29 is 0 Å². The lowest BCUT2D eigenvalue weighted by Crippen LogP contribution is -2.12. The van der Waals surface area contributed by atoms with Crippen molar-refractivity contribution in [3.05, 3.63) is 70.2 Å². The summed E-state index contributed by atoms with van der Waals surface area (Å²) >= 11 is 5.82. The second-order valence-corrected chi connectivity index (χ2v) is 4.48. The summed E-state index contributed by atoms with van der Waals surface area (Å²) in [5, 5.41) is 12.8. The molecule has 0 aliphatic rings. The predicted molar refractivity (Wildman–Crippen MR) is 73.2 cm³/mol. The Kier molecular flexibility index (Phi) is 4.35. The van der Waals surface area contributed by atoms with Crippen LogP contribution in [0.5, 0.6) is 0 Å². The van der Waals surface area contributed by atoms with E-state index in [4.69, 9.17) is 16.9 Å². The number of halogens is 1. The molecule has 1 N–H and O–H groups in total. The van der Waals surface area contributed by atoms with Gasteiger partial charge >= 0.3 is 0 Å². The second kappa shape index (κ2) is 6.20. The zero-order chi connectivity index (χ0) is 12.8. The average Bonchev–Trinajstić information content (AvgIpc) is 2.42. The summed E-state index contributed by atoms with van der Waals surface area (Å²) < 4.78 is 0. The van der Waals surface area contributed by atoms with Crippen LogP contribution in [-0.2, 0) is 13.1 Å². The zero-order valence-corrected chi connectivity index (χ0v) is 10.6. The molecule has 3 heteroatoms. The van der Waals surface area contributed by atoms with Crippen LogP contribution in [0, 0.1) is 11.3 Å². The molecule has 18 heavy (non-hydrogen) atoms. The first kappa shape index (κ1) is 12.6. The summed E-state index contributed by atoms with van der Waals surface area (Å²) in [6, 6.07) is 17.5. The lowest BCUT2D eigenvalue weighted by molar-refractivity contribution is 0.693. The summed E-state index contributed by atoms with van der Waals surface area (Å²) in [7, 11) is 0. The highest BCUT2D eigenvalue weighted by atomic mass is 35.5. The van der Waals surface area contributed by atoms with E-state index >= 15 is 0 Å². The molecule has 0 aliphatic heterocycles. The first-order valence-corrected chi connectivity index (χ1v) is 6.10. The van der Waals surface area contributed by atoms with E-state index in [1.807, 2.05) is 48.5 Å². The van der Waals surface area contributed by atoms with Crippen LogP contribution in [0.15, 0.2) is 48.5 Å². The molecule has 0 fully saturated rings. The van der Waals surface area contributed by atoms with Crippen LogP contribution >= 0.6 is 11.6 Å². The molecule has 2 rings (SSSR count). The van der Waals surface area contributed by atoms with Gasteiger partial charge in [-0.3, -0.25) is 0 Å². The van der Waals surface area contributed by atoms with Gasteiger partial charge in [-0.2, -0.15) is 5.26 Å². The van der Waals surface area contributed by atoms with E-state index < -0.39 is 0 Å². The van der Waals surface area contributed by atoms with Crippen molar-refractivity contribution in [1.82, 2.24) is 5.32 Å². The van der Waals surface area contributed by atoms with Crippen molar-refractivity contribution in [2.75, 3.05) is 0 Å². The Labute approximate surface area is 112 Å². The van der Waals surface area contributed by atoms with Crippen molar-refractivity contribution >= 4 is 11.6 Å². The molecular weight excluding hydrogens is 244 g/mol. The van der Waals surface area contributed by atoms with Gasteiger partial charge < -0.3 is 5.32 Å². The molecule has 2 nitrogen and oxygen atoms in total. The number of rotatable bonds is 4. The van der Waals surface area contributed by atoms with Gasteiger partial charge in [-0.15, -0.1) is 0 Å². The van der Waals surface area contributed by atoms with Gasteiger partial charge in [0.25, 0.3) is 0 Å². The minimum Gasteiger partial charge on any atom is -0.309 e. The van der Waals surface area contributed by atoms with E-state index in [0.29, 0.717) is 5.56 Å². The Bertz CT molecular complexity index is 538. The molecule has 0 saturated carbocycles. The van der Waals surface area contributed by atoms with Gasteiger partial charge in [0.05, 0.1) is 11.6 Å². The Morgan fingerprint density at radius 2 is 1.39 bits per heavy atom. The van der Waals surface area contributed by atoms with Crippen LogP contribution in [0.25, 0.3) is 0 Å². The van der Waals surface area contributed by atoms with E-state index in [9.17, 15) is 0 Å². The van der Waals surface area contributed by atoms with Crippen molar-refractivity contribution in [2.45, 2.75) is 13.1 Å². The van der Waals surface area contributed by atoms with Crippen LogP contribution in [0.2, 0.25) is 5.02 Å². The van der Waals surface area contributed by atoms with Gasteiger partial charge in [-0.25, -0.2) is 0 Å². The van der Waals surface area contributed by atoms with Crippen LogP contribution in [0.4, 0.5) is 0 Å². The van der Waals surface area contributed by atoms with Crippen LogP contribution in [0.3, 0.4) is 0 Å². The van der Waals surface area contributed by atoms with E-state index in [1.54, 1.807) is 0 Å². The highest BCUT2D eigenvalue weighted by molar-refractivity contribution is 6.30. The van der Waals surface area contributed by atoms with Crippen molar-refractivity contribution in [1.29, 1.82) is 5.26 Å². The lowest BCUT2D eigenvalue weighted by atomic mass is 10.1. The number of benzene rings is 2. The molecule has 0 amide bonds. The van der Waals surface area contributed by atoms with Crippen LogP contribution < -0.4 is 5.32 Å². The van der Waals surface area contributed by atoms with E-state index in [0.717, 1.165) is 18.1 Å². The minimum absolute atomic E-state index is 0.691. The van der Waals surface area contributed by atoms with Gasteiger partial charge in [0, 0.05) is 18.1 Å². The number of nitriles is 1. The van der Waals surface area contributed by atoms with E-state index in [-0.39, 0.29) is 0 Å². The quantitative estimate of drug-likeness (QED) is 0.909. The molecular formula is C15H13ClN2. The highest BCUT2D eigenvalue weighted by Gasteiger charge is 1.95. The first-order chi connectivity index (χ1) is 8.78. The summed E-state index contributed by atoms with van der Waals surface area (Å²) in [4.78, 5) is 0. The summed E-state index contributed by atoms with van der Waals surface area (Å²) in [6.07, 6.45) is 0. The summed E-state index contributed by atoms with van der Waals surface area (Å²) in [6.45, 7) is 1.59. The third kappa shape index (κ3) is 3.59. The molecule has 2 aromatic rings. The highest BCUT2D eigenvalue weighted by Crippen LogP contribution is 2.09. The molecule has 0 aromatic heterocycles. The largest absolute Gasteiger partial charge is 0.309 e. The molecule has 0 spiro atoms. The molecule has 2 aromatic carbocycles. The Balaban J connectivity index is 1.84. The molecule has 0 heterocycles. The van der Waals surface area contributed by atoms with Gasteiger partial charge in [0.15, 0.2) is 0 Å². The minimum atomic E-state index is 0.691. The first-order valence-electron chi connectivity index (χ1n) is 5.72. The topological polar surface area (TPSA) is 35.8 Å². The number of nitrogens with zero attached hydrogens (tertiary/aromatic N) is 1. The van der Waals surface area contributed by atoms with E-state index in [1.165, 1.54) is 11.1 Å². The van der Waals surface area contributed by atoms with Crippen LogP contribution in [0.1, 0.15) is 16.7 Å². The number of nitrogens with one attached hydrogen (secondary N) is 1. The van der Waals surface area contributed by atoms with Crippen molar-refractivity contribution in [2.24, 2.45) is 0 Å². The zero-order valence-electron chi connectivity index (χ0n) is 9.86. The van der Waals surface area contributed by atoms with Gasteiger partial charge in [-0.05, 0) is 35.4 Å². The molecule has 0 bridgehead atoms. The Morgan fingerprint density at radius 1 is 0.889 bits per heavy atom. The monoisotopic (exact) mass is 256 g/mol. The maximum atomic E-state index is 8.70. The lowest BCUT2D eigenvalue weighted by Gasteiger charge is -2.05. The molecule has 0 atom stereocenters. The van der Waals surface area contributed by atoms with Gasteiger partial charge in [-0.1, -0.05) is 35.9 Å². The standard InChI is InChI=1S/C15H13ClN2/c16-15-7-5-14(6-8-15)11-18-10-13-3-1-12(9-17)2-4-13/h1-8,18H,10-11H2. The van der Waals surface area contributed by atoms with E-state index in [2.05, 4.69) is 11.4 Å².